The highest BCUT2D eigenvalue weighted by molar-refractivity contribution is 5.48. The lowest BCUT2D eigenvalue weighted by molar-refractivity contribution is 0.0793. The molecule has 14 heavy (non-hydrogen) atoms. The van der Waals surface area contributed by atoms with Gasteiger partial charge in [0.2, 0.25) is 0 Å². The van der Waals surface area contributed by atoms with Crippen LogP contribution in [0.2, 0.25) is 0 Å². The van der Waals surface area contributed by atoms with Gasteiger partial charge in [-0.05, 0) is 36.1 Å². The topological polar surface area (TPSA) is 9.23 Å². The molecule has 1 heteroatoms. The molecule has 0 saturated heterocycles. The zero-order chi connectivity index (χ0) is 9.00. The maximum Gasteiger partial charge on any atom is 0.105 e. The predicted molar refractivity (Wildman–Crippen MR) is 58.1 cm³/mol. The fourth-order valence-electron chi connectivity index (χ4n) is 2.36. The molecule has 2 bridgehead atoms. The van der Waals surface area contributed by atoms with Gasteiger partial charge in [-0.15, -0.1) is 0 Å². The molecule has 1 aromatic carbocycles. The highest BCUT2D eigenvalue weighted by Gasteiger charge is 2.40. The van der Waals surface area contributed by atoms with Crippen LogP contribution in [0.5, 0.6) is 0 Å². The van der Waals surface area contributed by atoms with Crippen molar-refractivity contribution in [1.29, 1.82) is 0 Å². The Balaban J connectivity index is 0.000000750. The molecule has 0 amide bonds. The van der Waals surface area contributed by atoms with Gasteiger partial charge in [0.1, 0.15) is 12.2 Å². The normalized spacial score (nSPS) is 27.6. The second-order valence-electron chi connectivity index (χ2n) is 3.89. The molecule has 2 aliphatic heterocycles. The second-order valence-corrected chi connectivity index (χ2v) is 3.89. The molecular weight excluding hydrogens is 172 g/mol. The van der Waals surface area contributed by atoms with E-state index in [0.717, 1.165) is 0 Å². The van der Waals surface area contributed by atoms with Crippen LogP contribution in [0.3, 0.4) is 0 Å². The Kier molecular flexibility index (Phi) is 2.00. The fraction of sp³-hybridized carbons (Fsp3) is 0.385. The largest absolute Gasteiger partial charge is 0.357 e. The number of fused-ring (bicyclic) bond motifs is 5. The van der Waals surface area contributed by atoms with E-state index in [4.69, 9.17) is 4.74 Å². The van der Waals surface area contributed by atoms with Crippen molar-refractivity contribution in [3.63, 3.8) is 0 Å². The molecule has 0 saturated carbocycles. The molecule has 74 valence electrons. The summed E-state index contributed by atoms with van der Waals surface area (Å²) < 4.78 is 5.89. The molecule has 0 radical (unpaired) electrons. The number of benzene rings is 1. The third kappa shape index (κ3) is 0.934. The predicted octanol–water partition coefficient (Wildman–Crippen LogP) is 3.79. The maximum atomic E-state index is 5.89. The van der Waals surface area contributed by atoms with Crippen LogP contribution in [0.4, 0.5) is 0 Å². The quantitative estimate of drug-likeness (QED) is 0.563. The summed E-state index contributed by atoms with van der Waals surface area (Å²) in [6, 6.07) is 8.53. The van der Waals surface area contributed by atoms with Crippen molar-refractivity contribution in [2.24, 2.45) is 0 Å². The summed E-state index contributed by atoms with van der Waals surface area (Å²) in [5.74, 6) is 0. The van der Waals surface area contributed by atoms with E-state index in [9.17, 15) is 0 Å². The SMILES string of the molecule is C.CC1=C(C)C2OC1c1ccccc12. The summed E-state index contributed by atoms with van der Waals surface area (Å²) in [4.78, 5) is 0. The van der Waals surface area contributed by atoms with Gasteiger partial charge in [-0.25, -0.2) is 0 Å². The third-order valence-corrected chi connectivity index (χ3v) is 3.24. The van der Waals surface area contributed by atoms with Gasteiger partial charge in [-0.2, -0.15) is 0 Å². The summed E-state index contributed by atoms with van der Waals surface area (Å²) in [7, 11) is 0. The third-order valence-electron chi connectivity index (χ3n) is 3.24. The Bertz CT molecular complexity index is 366. The minimum absolute atomic E-state index is 0. The molecule has 0 N–H and O–H groups in total. The van der Waals surface area contributed by atoms with Crippen molar-refractivity contribution in [2.75, 3.05) is 0 Å². The summed E-state index contributed by atoms with van der Waals surface area (Å²) in [6.45, 7) is 4.35. The standard InChI is InChI=1S/C12H12O.CH4/c1-7-8(2)12-10-6-4-3-5-9(10)11(7)13-12;/h3-6,11-12H,1-2H3;1H4. The molecular formula is C13H16O. The van der Waals surface area contributed by atoms with Crippen LogP contribution >= 0.6 is 0 Å². The van der Waals surface area contributed by atoms with Crippen LogP contribution in [0.1, 0.15) is 44.6 Å². The van der Waals surface area contributed by atoms with E-state index in [1.165, 1.54) is 22.3 Å². The molecule has 2 unspecified atom stereocenters. The van der Waals surface area contributed by atoms with Crippen molar-refractivity contribution in [3.05, 3.63) is 46.5 Å². The molecule has 2 atom stereocenters. The number of rotatable bonds is 0. The van der Waals surface area contributed by atoms with Gasteiger partial charge < -0.3 is 4.74 Å². The van der Waals surface area contributed by atoms with Gasteiger partial charge in [0.25, 0.3) is 0 Å². The van der Waals surface area contributed by atoms with Gasteiger partial charge in [0.15, 0.2) is 0 Å². The van der Waals surface area contributed by atoms with Crippen LogP contribution in [-0.4, -0.2) is 0 Å². The Morgan fingerprint density at radius 2 is 1.36 bits per heavy atom. The number of ether oxygens (including phenoxy) is 1. The maximum absolute atomic E-state index is 5.89. The minimum atomic E-state index is 0. The Labute approximate surface area is 85.4 Å². The summed E-state index contributed by atoms with van der Waals surface area (Å²) >= 11 is 0. The van der Waals surface area contributed by atoms with Crippen molar-refractivity contribution in [3.8, 4) is 0 Å². The monoisotopic (exact) mass is 188 g/mol. The number of hydrogen-bond donors (Lipinski definition) is 0. The lowest BCUT2D eigenvalue weighted by atomic mass is 9.88. The van der Waals surface area contributed by atoms with E-state index in [1.807, 2.05) is 0 Å². The van der Waals surface area contributed by atoms with E-state index < -0.39 is 0 Å². The molecule has 3 rings (SSSR count). The Morgan fingerprint density at radius 1 is 0.929 bits per heavy atom. The van der Waals surface area contributed by atoms with Crippen molar-refractivity contribution in [2.45, 2.75) is 33.5 Å². The van der Waals surface area contributed by atoms with Crippen molar-refractivity contribution < 1.29 is 4.74 Å². The van der Waals surface area contributed by atoms with Gasteiger partial charge in [0.05, 0.1) is 0 Å². The first-order chi connectivity index (χ1) is 6.29. The zero-order valence-corrected chi connectivity index (χ0v) is 7.87. The van der Waals surface area contributed by atoms with E-state index in [1.54, 1.807) is 0 Å². The van der Waals surface area contributed by atoms with E-state index >= 15 is 0 Å². The lowest BCUT2D eigenvalue weighted by Gasteiger charge is -2.13. The molecule has 2 heterocycles. The first kappa shape index (κ1) is 9.47. The highest BCUT2D eigenvalue weighted by Crippen LogP contribution is 2.53. The van der Waals surface area contributed by atoms with Crippen LogP contribution in [0, 0.1) is 0 Å². The van der Waals surface area contributed by atoms with E-state index in [2.05, 4.69) is 38.1 Å². The summed E-state index contributed by atoms with van der Waals surface area (Å²) in [5.41, 5.74) is 5.55. The molecule has 1 aromatic rings. The lowest BCUT2D eigenvalue weighted by Crippen LogP contribution is -2.00. The molecule has 0 aliphatic carbocycles. The fourth-order valence-corrected chi connectivity index (χ4v) is 2.36. The van der Waals surface area contributed by atoms with Crippen molar-refractivity contribution in [1.82, 2.24) is 0 Å². The highest BCUT2D eigenvalue weighted by atomic mass is 16.5. The summed E-state index contributed by atoms with van der Waals surface area (Å²) in [6.07, 6.45) is 0.502. The summed E-state index contributed by atoms with van der Waals surface area (Å²) in [5, 5.41) is 0. The van der Waals surface area contributed by atoms with Gasteiger partial charge in [0, 0.05) is 0 Å². The molecule has 2 aliphatic rings. The average Bonchev–Trinajstić information content (AvgIpc) is 2.66. The second kappa shape index (κ2) is 2.96. The van der Waals surface area contributed by atoms with Crippen LogP contribution in [0.25, 0.3) is 0 Å². The van der Waals surface area contributed by atoms with Gasteiger partial charge in [-0.1, -0.05) is 31.7 Å². The van der Waals surface area contributed by atoms with Gasteiger partial charge in [-0.3, -0.25) is 0 Å². The van der Waals surface area contributed by atoms with Crippen LogP contribution < -0.4 is 0 Å². The first-order valence-corrected chi connectivity index (χ1v) is 4.70. The average molecular weight is 188 g/mol. The molecule has 0 fully saturated rings. The van der Waals surface area contributed by atoms with Crippen molar-refractivity contribution >= 4 is 0 Å². The van der Waals surface area contributed by atoms with Crippen LogP contribution in [0.15, 0.2) is 35.4 Å². The Hall–Kier alpha value is -1.08. The molecule has 1 nitrogen and oxygen atoms in total. The molecule has 0 spiro atoms. The first-order valence-electron chi connectivity index (χ1n) is 4.70. The smallest absolute Gasteiger partial charge is 0.105 e. The minimum Gasteiger partial charge on any atom is -0.357 e. The van der Waals surface area contributed by atoms with Gasteiger partial charge >= 0.3 is 0 Å². The molecule has 0 aromatic heterocycles. The Morgan fingerprint density at radius 3 is 1.79 bits per heavy atom. The van der Waals surface area contributed by atoms with E-state index in [-0.39, 0.29) is 19.6 Å². The van der Waals surface area contributed by atoms with E-state index in [0.29, 0.717) is 0 Å². The zero-order valence-electron chi connectivity index (χ0n) is 7.87. The van der Waals surface area contributed by atoms with Crippen LogP contribution in [-0.2, 0) is 4.74 Å². The number of hydrogen-bond acceptors (Lipinski definition) is 1.